The maximum Gasteiger partial charge on any atom is 0.238 e. The van der Waals surface area contributed by atoms with Gasteiger partial charge < -0.3 is 10.4 Å². The van der Waals surface area contributed by atoms with Gasteiger partial charge in [0.2, 0.25) is 15.9 Å². The summed E-state index contributed by atoms with van der Waals surface area (Å²) in [6, 6.07) is -0.776. The van der Waals surface area contributed by atoms with Gasteiger partial charge in [0.05, 0.1) is 12.9 Å². The van der Waals surface area contributed by atoms with Crippen LogP contribution in [0, 0.1) is 5.92 Å². The maximum absolute atomic E-state index is 11.6. The fourth-order valence-corrected chi connectivity index (χ4v) is 1.96. The predicted molar refractivity (Wildman–Crippen MR) is 61.3 cm³/mol. The molecule has 0 fully saturated rings. The quantitative estimate of drug-likeness (QED) is 0.545. The summed E-state index contributed by atoms with van der Waals surface area (Å²) in [7, 11) is -3.41. The van der Waals surface area contributed by atoms with Crippen LogP contribution in [-0.2, 0) is 14.8 Å². The molecule has 0 aliphatic carbocycles. The number of sulfonamides is 1. The van der Waals surface area contributed by atoms with Crippen molar-refractivity contribution in [3.63, 3.8) is 0 Å². The fraction of sp³-hybridized carbons (Fsp3) is 0.889. The summed E-state index contributed by atoms with van der Waals surface area (Å²) in [5.41, 5.74) is 0. The van der Waals surface area contributed by atoms with E-state index in [1.54, 1.807) is 0 Å². The highest BCUT2D eigenvalue weighted by atomic mass is 32.2. The Morgan fingerprint density at radius 2 is 1.94 bits per heavy atom. The van der Waals surface area contributed by atoms with E-state index >= 15 is 0 Å². The minimum Gasteiger partial charge on any atom is -0.395 e. The molecule has 0 aromatic carbocycles. The monoisotopic (exact) mass is 252 g/mol. The number of nitrogens with one attached hydrogen (secondary N) is 2. The third-order valence-corrected chi connectivity index (χ3v) is 2.50. The minimum atomic E-state index is -3.41. The smallest absolute Gasteiger partial charge is 0.238 e. The molecule has 0 heterocycles. The van der Waals surface area contributed by atoms with Crippen molar-refractivity contribution in [3.05, 3.63) is 0 Å². The Balaban J connectivity index is 4.47. The van der Waals surface area contributed by atoms with E-state index in [1.165, 1.54) is 0 Å². The van der Waals surface area contributed by atoms with E-state index in [2.05, 4.69) is 10.0 Å². The summed E-state index contributed by atoms with van der Waals surface area (Å²) < 4.78 is 24.4. The van der Waals surface area contributed by atoms with Gasteiger partial charge in [-0.1, -0.05) is 13.8 Å². The molecule has 6 nitrogen and oxygen atoms in total. The molecule has 96 valence electrons. The molecular formula is C9H20N2O4S. The first-order valence-electron chi connectivity index (χ1n) is 5.12. The van der Waals surface area contributed by atoms with Crippen molar-refractivity contribution < 1.29 is 18.3 Å². The van der Waals surface area contributed by atoms with Crippen molar-refractivity contribution in [2.45, 2.75) is 26.3 Å². The normalized spacial score (nSPS) is 13.8. The minimum absolute atomic E-state index is 0.124. The largest absolute Gasteiger partial charge is 0.395 e. The molecule has 0 aromatic heterocycles. The Hall–Kier alpha value is -0.660. The van der Waals surface area contributed by atoms with E-state index in [4.69, 9.17) is 5.11 Å². The molecule has 1 unspecified atom stereocenters. The lowest BCUT2D eigenvalue weighted by molar-refractivity contribution is -0.123. The van der Waals surface area contributed by atoms with Gasteiger partial charge in [0.25, 0.3) is 0 Å². The number of carbonyl (C=O) groups is 1. The molecule has 0 rings (SSSR count). The Morgan fingerprint density at radius 1 is 1.38 bits per heavy atom. The van der Waals surface area contributed by atoms with Gasteiger partial charge in [0.1, 0.15) is 6.04 Å². The number of amides is 1. The van der Waals surface area contributed by atoms with Gasteiger partial charge in [-0.05, 0) is 12.3 Å². The highest BCUT2D eigenvalue weighted by Crippen LogP contribution is 2.05. The van der Waals surface area contributed by atoms with Crippen LogP contribution in [0.2, 0.25) is 0 Å². The van der Waals surface area contributed by atoms with Gasteiger partial charge in [-0.2, -0.15) is 0 Å². The molecular weight excluding hydrogens is 232 g/mol. The van der Waals surface area contributed by atoms with Gasteiger partial charge in [-0.25, -0.2) is 13.1 Å². The number of hydrogen-bond acceptors (Lipinski definition) is 4. The topological polar surface area (TPSA) is 95.5 Å². The molecule has 3 N–H and O–H groups in total. The van der Waals surface area contributed by atoms with E-state index < -0.39 is 22.0 Å². The zero-order valence-electron chi connectivity index (χ0n) is 9.86. The molecule has 0 aliphatic heterocycles. The zero-order valence-corrected chi connectivity index (χ0v) is 10.7. The molecule has 0 saturated heterocycles. The SMILES string of the molecule is CC(C)CC(NS(C)(=O)=O)C(=O)NCCO. The molecule has 0 radical (unpaired) electrons. The second-order valence-electron chi connectivity index (χ2n) is 4.09. The van der Waals surface area contributed by atoms with E-state index in [9.17, 15) is 13.2 Å². The maximum atomic E-state index is 11.6. The van der Waals surface area contributed by atoms with Crippen LogP contribution in [0.4, 0.5) is 0 Å². The summed E-state index contributed by atoms with van der Waals surface area (Å²) in [6.07, 6.45) is 1.43. The Morgan fingerprint density at radius 3 is 2.31 bits per heavy atom. The van der Waals surface area contributed by atoms with Crippen LogP contribution in [0.3, 0.4) is 0 Å². The summed E-state index contributed by atoms with van der Waals surface area (Å²) in [5, 5.41) is 11.0. The second-order valence-corrected chi connectivity index (χ2v) is 5.87. The van der Waals surface area contributed by atoms with Crippen LogP contribution in [0.5, 0.6) is 0 Å². The predicted octanol–water partition coefficient (Wildman–Crippen LogP) is -0.941. The molecule has 0 spiro atoms. The lowest BCUT2D eigenvalue weighted by Gasteiger charge is -2.18. The van der Waals surface area contributed by atoms with Crippen LogP contribution < -0.4 is 10.0 Å². The Labute approximate surface area is 96.5 Å². The number of hydrogen-bond donors (Lipinski definition) is 3. The van der Waals surface area contributed by atoms with Crippen molar-refractivity contribution in [1.82, 2.24) is 10.0 Å². The van der Waals surface area contributed by atoms with E-state index in [0.29, 0.717) is 6.42 Å². The molecule has 0 aliphatic rings. The third-order valence-electron chi connectivity index (χ3n) is 1.79. The van der Waals surface area contributed by atoms with Crippen molar-refractivity contribution in [2.75, 3.05) is 19.4 Å². The standard InChI is InChI=1S/C9H20N2O4S/c1-7(2)6-8(11-16(3,14)15)9(13)10-4-5-12/h7-8,11-12H,4-6H2,1-3H3,(H,10,13). The number of rotatable bonds is 7. The summed E-state index contributed by atoms with van der Waals surface area (Å²) in [5.74, 6) is -0.215. The third kappa shape index (κ3) is 7.61. The molecule has 0 saturated carbocycles. The average Bonchev–Trinajstić information content (AvgIpc) is 2.10. The number of carbonyl (C=O) groups excluding carboxylic acids is 1. The van der Waals surface area contributed by atoms with Gasteiger partial charge in [0, 0.05) is 6.54 Å². The van der Waals surface area contributed by atoms with Crippen molar-refractivity contribution in [1.29, 1.82) is 0 Å². The van der Waals surface area contributed by atoms with Gasteiger partial charge in [-0.15, -0.1) is 0 Å². The molecule has 1 amide bonds. The Kier molecular flexibility index (Phi) is 6.54. The van der Waals surface area contributed by atoms with Gasteiger partial charge in [0.15, 0.2) is 0 Å². The van der Waals surface area contributed by atoms with Crippen LogP contribution in [0.1, 0.15) is 20.3 Å². The molecule has 7 heteroatoms. The van der Waals surface area contributed by atoms with Crippen LogP contribution in [0.15, 0.2) is 0 Å². The van der Waals surface area contributed by atoms with Gasteiger partial charge >= 0.3 is 0 Å². The first-order chi connectivity index (χ1) is 7.26. The summed E-state index contributed by atoms with van der Waals surface area (Å²) >= 11 is 0. The van der Waals surface area contributed by atoms with E-state index in [-0.39, 0.29) is 19.1 Å². The average molecular weight is 252 g/mol. The van der Waals surface area contributed by atoms with Gasteiger partial charge in [-0.3, -0.25) is 4.79 Å². The lowest BCUT2D eigenvalue weighted by atomic mass is 10.0. The van der Waals surface area contributed by atoms with Crippen LogP contribution in [-0.4, -0.2) is 44.9 Å². The molecule has 0 aromatic rings. The molecule has 0 bridgehead atoms. The van der Waals surface area contributed by atoms with Crippen LogP contribution >= 0.6 is 0 Å². The van der Waals surface area contributed by atoms with E-state index in [1.807, 2.05) is 13.8 Å². The van der Waals surface area contributed by atoms with Crippen LogP contribution in [0.25, 0.3) is 0 Å². The molecule has 16 heavy (non-hydrogen) atoms. The van der Waals surface area contributed by atoms with E-state index in [0.717, 1.165) is 6.26 Å². The first kappa shape index (κ1) is 15.3. The Bertz CT molecular complexity index is 313. The number of aliphatic hydroxyl groups is 1. The summed E-state index contributed by atoms with van der Waals surface area (Å²) in [4.78, 5) is 11.6. The van der Waals surface area contributed by atoms with Crippen molar-refractivity contribution in [3.8, 4) is 0 Å². The highest BCUT2D eigenvalue weighted by molar-refractivity contribution is 7.88. The second kappa shape index (κ2) is 6.82. The van der Waals surface area contributed by atoms with Crippen molar-refractivity contribution >= 4 is 15.9 Å². The number of aliphatic hydroxyl groups excluding tert-OH is 1. The highest BCUT2D eigenvalue weighted by Gasteiger charge is 2.22. The fourth-order valence-electron chi connectivity index (χ4n) is 1.24. The zero-order chi connectivity index (χ0) is 12.8. The lowest BCUT2D eigenvalue weighted by Crippen LogP contribution is -2.47. The van der Waals surface area contributed by atoms with Crippen molar-refractivity contribution in [2.24, 2.45) is 5.92 Å². The molecule has 1 atom stereocenters. The summed E-state index contributed by atoms with van der Waals surface area (Å²) in [6.45, 7) is 3.75. The first-order valence-corrected chi connectivity index (χ1v) is 7.01.